The lowest BCUT2D eigenvalue weighted by Gasteiger charge is -2.14. The normalized spacial score (nSPS) is 18.0. The van der Waals surface area contributed by atoms with Crippen LogP contribution in [0.2, 0.25) is 0 Å². The van der Waals surface area contributed by atoms with E-state index in [4.69, 9.17) is 0 Å². The fraction of sp³-hybridized carbons (Fsp3) is 0.875. The lowest BCUT2D eigenvalue weighted by molar-refractivity contribution is 0.379. The van der Waals surface area contributed by atoms with Gasteiger partial charge in [0.2, 0.25) is 0 Å². The van der Waals surface area contributed by atoms with Crippen LogP contribution in [0.5, 0.6) is 0 Å². The summed E-state index contributed by atoms with van der Waals surface area (Å²) in [7, 11) is 0. The van der Waals surface area contributed by atoms with E-state index in [0.717, 1.165) is 18.3 Å². The Labute approximate surface area is 53.3 Å². The first kappa shape index (κ1) is 8.00. The Balaban J connectivity index is 3.29. The highest BCUT2D eigenvalue weighted by Crippen LogP contribution is 2.16. The molecule has 0 heterocycles. The van der Waals surface area contributed by atoms with Crippen LogP contribution in [0.1, 0.15) is 33.6 Å². The standard InChI is InChI=1S/C8H17/c1-5-7(3)8(4)6-2/h7-8H,1,5-6H2,2-4H3. The van der Waals surface area contributed by atoms with Crippen molar-refractivity contribution in [2.45, 2.75) is 33.6 Å². The third-order valence-electron chi connectivity index (χ3n) is 2.07. The third kappa shape index (κ3) is 2.34. The first-order valence-corrected chi connectivity index (χ1v) is 3.51. The predicted octanol–water partition coefficient (Wildman–Crippen LogP) is 2.89. The summed E-state index contributed by atoms with van der Waals surface area (Å²) in [4.78, 5) is 0. The predicted molar refractivity (Wildman–Crippen MR) is 38.6 cm³/mol. The van der Waals surface area contributed by atoms with Crippen LogP contribution in [0.15, 0.2) is 0 Å². The maximum absolute atomic E-state index is 3.85. The van der Waals surface area contributed by atoms with Gasteiger partial charge in [0, 0.05) is 0 Å². The molecule has 0 N–H and O–H groups in total. The summed E-state index contributed by atoms with van der Waals surface area (Å²) in [5.41, 5.74) is 0. The van der Waals surface area contributed by atoms with Gasteiger partial charge in [-0.2, -0.15) is 0 Å². The zero-order valence-corrected chi connectivity index (χ0v) is 6.28. The van der Waals surface area contributed by atoms with Crippen molar-refractivity contribution in [1.82, 2.24) is 0 Å². The van der Waals surface area contributed by atoms with E-state index in [2.05, 4.69) is 27.7 Å². The van der Waals surface area contributed by atoms with E-state index in [1.165, 1.54) is 6.42 Å². The first-order chi connectivity index (χ1) is 3.72. The summed E-state index contributed by atoms with van der Waals surface area (Å²) < 4.78 is 0. The van der Waals surface area contributed by atoms with E-state index >= 15 is 0 Å². The second-order valence-electron chi connectivity index (χ2n) is 2.65. The van der Waals surface area contributed by atoms with Gasteiger partial charge >= 0.3 is 0 Å². The van der Waals surface area contributed by atoms with Crippen molar-refractivity contribution in [3.63, 3.8) is 0 Å². The van der Waals surface area contributed by atoms with E-state index in [9.17, 15) is 0 Å². The van der Waals surface area contributed by atoms with Gasteiger partial charge in [0.1, 0.15) is 0 Å². The van der Waals surface area contributed by atoms with Crippen LogP contribution in [-0.4, -0.2) is 0 Å². The summed E-state index contributed by atoms with van der Waals surface area (Å²) >= 11 is 0. The van der Waals surface area contributed by atoms with Crippen molar-refractivity contribution in [2.75, 3.05) is 0 Å². The fourth-order valence-corrected chi connectivity index (χ4v) is 0.687. The third-order valence-corrected chi connectivity index (χ3v) is 2.07. The van der Waals surface area contributed by atoms with Gasteiger partial charge in [-0.3, -0.25) is 0 Å². The average Bonchev–Trinajstić information content (AvgIpc) is 1.84. The molecule has 0 saturated carbocycles. The Morgan fingerprint density at radius 2 is 1.75 bits per heavy atom. The van der Waals surface area contributed by atoms with E-state index in [1.807, 2.05) is 0 Å². The molecule has 0 aliphatic rings. The molecule has 0 fully saturated rings. The van der Waals surface area contributed by atoms with Crippen LogP contribution in [0.4, 0.5) is 0 Å². The Kier molecular flexibility index (Phi) is 3.94. The molecule has 0 aromatic carbocycles. The SMILES string of the molecule is [CH2]CC(C)C(C)CC. The molecule has 2 atom stereocenters. The van der Waals surface area contributed by atoms with Gasteiger partial charge in [0.25, 0.3) is 0 Å². The summed E-state index contributed by atoms with van der Waals surface area (Å²) in [6, 6.07) is 0. The smallest absolute Gasteiger partial charge is 0.0417 e. The maximum atomic E-state index is 3.85. The molecule has 0 heteroatoms. The second-order valence-corrected chi connectivity index (χ2v) is 2.65. The molecule has 1 radical (unpaired) electrons. The molecule has 0 bridgehead atoms. The van der Waals surface area contributed by atoms with Crippen LogP contribution in [0.3, 0.4) is 0 Å². The number of hydrogen-bond donors (Lipinski definition) is 0. The highest BCUT2D eigenvalue weighted by atomic mass is 14.1. The van der Waals surface area contributed by atoms with Crippen molar-refractivity contribution in [3.8, 4) is 0 Å². The van der Waals surface area contributed by atoms with E-state index in [-0.39, 0.29) is 0 Å². The van der Waals surface area contributed by atoms with Crippen LogP contribution >= 0.6 is 0 Å². The first-order valence-electron chi connectivity index (χ1n) is 3.51. The van der Waals surface area contributed by atoms with Gasteiger partial charge in [-0.05, 0) is 11.8 Å². The molecule has 0 amide bonds. The summed E-state index contributed by atoms with van der Waals surface area (Å²) in [6.45, 7) is 10.6. The largest absolute Gasteiger partial charge is 0.0651 e. The quantitative estimate of drug-likeness (QED) is 0.528. The van der Waals surface area contributed by atoms with Gasteiger partial charge in [-0.1, -0.05) is 40.5 Å². The lowest BCUT2D eigenvalue weighted by atomic mass is 9.92. The summed E-state index contributed by atoms with van der Waals surface area (Å²) in [5, 5.41) is 0. The molecule has 49 valence electrons. The fourth-order valence-electron chi connectivity index (χ4n) is 0.687. The average molecular weight is 113 g/mol. The molecular formula is C8H17. The minimum Gasteiger partial charge on any atom is -0.0651 e. The molecule has 0 spiro atoms. The van der Waals surface area contributed by atoms with Crippen LogP contribution in [-0.2, 0) is 0 Å². The van der Waals surface area contributed by atoms with E-state index in [0.29, 0.717) is 0 Å². The van der Waals surface area contributed by atoms with Gasteiger partial charge in [-0.25, -0.2) is 0 Å². The molecule has 0 rings (SSSR count). The zero-order chi connectivity index (χ0) is 6.57. The van der Waals surface area contributed by atoms with Gasteiger partial charge in [0.05, 0.1) is 0 Å². The monoisotopic (exact) mass is 113 g/mol. The molecule has 0 aromatic rings. The minimum absolute atomic E-state index is 0.806. The van der Waals surface area contributed by atoms with Gasteiger partial charge in [0.15, 0.2) is 0 Å². The van der Waals surface area contributed by atoms with Crippen molar-refractivity contribution >= 4 is 0 Å². The number of hydrogen-bond acceptors (Lipinski definition) is 0. The molecular weight excluding hydrogens is 96.1 g/mol. The Hall–Kier alpha value is 0. The molecule has 8 heavy (non-hydrogen) atoms. The molecule has 0 aromatic heterocycles. The summed E-state index contributed by atoms with van der Waals surface area (Å²) in [5.74, 6) is 1.66. The van der Waals surface area contributed by atoms with Crippen molar-refractivity contribution in [2.24, 2.45) is 11.8 Å². The van der Waals surface area contributed by atoms with Gasteiger partial charge in [-0.15, -0.1) is 0 Å². The second kappa shape index (κ2) is 3.94. The maximum Gasteiger partial charge on any atom is -0.0417 e. The molecule has 2 unspecified atom stereocenters. The van der Waals surface area contributed by atoms with Crippen molar-refractivity contribution < 1.29 is 0 Å². The molecule has 0 aliphatic carbocycles. The highest BCUT2D eigenvalue weighted by Gasteiger charge is 2.05. The lowest BCUT2D eigenvalue weighted by Crippen LogP contribution is -2.04. The molecule has 0 nitrogen and oxygen atoms in total. The van der Waals surface area contributed by atoms with E-state index in [1.54, 1.807) is 0 Å². The highest BCUT2D eigenvalue weighted by molar-refractivity contribution is 4.60. The summed E-state index contributed by atoms with van der Waals surface area (Å²) in [6.07, 6.45) is 2.37. The minimum atomic E-state index is 0.806. The van der Waals surface area contributed by atoms with E-state index < -0.39 is 0 Å². The zero-order valence-electron chi connectivity index (χ0n) is 6.28. The van der Waals surface area contributed by atoms with Crippen molar-refractivity contribution in [3.05, 3.63) is 6.92 Å². The Bertz CT molecular complexity index is 40.0. The van der Waals surface area contributed by atoms with Crippen LogP contribution < -0.4 is 0 Å². The Morgan fingerprint density at radius 1 is 1.25 bits per heavy atom. The molecule has 0 aliphatic heterocycles. The van der Waals surface area contributed by atoms with Crippen LogP contribution in [0, 0.1) is 18.8 Å². The Morgan fingerprint density at radius 3 is 1.88 bits per heavy atom. The molecule has 0 saturated heterocycles. The van der Waals surface area contributed by atoms with Gasteiger partial charge < -0.3 is 0 Å². The van der Waals surface area contributed by atoms with Crippen molar-refractivity contribution in [1.29, 1.82) is 0 Å². The van der Waals surface area contributed by atoms with Crippen LogP contribution in [0.25, 0.3) is 0 Å². The number of rotatable bonds is 3. The topological polar surface area (TPSA) is 0 Å².